The third-order valence-corrected chi connectivity index (χ3v) is 3.18. The summed E-state index contributed by atoms with van der Waals surface area (Å²) in [6.07, 6.45) is 0. The highest BCUT2D eigenvalue weighted by Crippen LogP contribution is 2.16. The first kappa shape index (κ1) is 13.5. The standard InChI is InChI=1S/C11H19N3O.ClH/c1-8-6-12-4-5-14(8)7-11-9(2)13-15-10(11)3;/h8,12H,4-7H2,1-3H3;1H/t8-;/m0./s1. The van der Waals surface area contributed by atoms with Gasteiger partial charge in [0, 0.05) is 37.8 Å². The lowest BCUT2D eigenvalue weighted by Gasteiger charge is -2.33. The molecule has 4 nitrogen and oxygen atoms in total. The van der Waals surface area contributed by atoms with E-state index in [1.54, 1.807) is 0 Å². The van der Waals surface area contributed by atoms with Crippen LogP contribution in [-0.2, 0) is 6.54 Å². The van der Waals surface area contributed by atoms with Gasteiger partial charge < -0.3 is 9.84 Å². The molecular formula is C11H20ClN3O. The Morgan fingerprint density at radius 2 is 2.25 bits per heavy atom. The summed E-state index contributed by atoms with van der Waals surface area (Å²) >= 11 is 0. The summed E-state index contributed by atoms with van der Waals surface area (Å²) < 4.78 is 5.18. The molecule has 16 heavy (non-hydrogen) atoms. The third kappa shape index (κ3) is 2.75. The Morgan fingerprint density at radius 1 is 1.50 bits per heavy atom. The van der Waals surface area contributed by atoms with Gasteiger partial charge in [0.1, 0.15) is 5.76 Å². The van der Waals surface area contributed by atoms with E-state index in [1.807, 2.05) is 13.8 Å². The number of hydrogen-bond donors (Lipinski definition) is 1. The number of nitrogens with zero attached hydrogens (tertiary/aromatic N) is 2. The second-order valence-corrected chi connectivity index (χ2v) is 4.33. The second-order valence-electron chi connectivity index (χ2n) is 4.33. The lowest BCUT2D eigenvalue weighted by atomic mass is 10.1. The van der Waals surface area contributed by atoms with Crippen molar-refractivity contribution in [1.29, 1.82) is 0 Å². The predicted octanol–water partition coefficient (Wildman–Crippen LogP) is 1.51. The van der Waals surface area contributed by atoms with Gasteiger partial charge in [0.25, 0.3) is 0 Å². The maximum Gasteiger partial charge on any atom is 0.138 e. The molecule has 0 bridgehead atoms. The number of hydrogen-bond acceptors (Lipinski definition) is 4. The smallest absolute Gasteiger partial charge is 0.138 e. The van der Waals surface area contributed by atoms with Crippen molar-refractivity contribution in [2.24, 2.45) is 0 Å². The van der Waals surface area contributed by atoms with Gasteiger partial charge in [-0.2, -0.15) is 0 Å². The van der Waals surface area contributed by atoms with E-state index >= 15 is 0 Å². The molecule has 1 aromatic rings. The van der Waals surface area contributed by atoms with Gasteiger partial charge in [-0.05, 0) is 20.8 Å². The Balaban J connectivity index is 0.00000128. The normalized spacial score (nSPS) is 21.8. The van der Waals surface area contributed by atoms with Crippen molar-refractivity contribution < 1.29 is 4.52 Å². The first-order valence-corrected chi connectivity index (χ1v) is 5.55. The van der Waals surface area contributed by atoms with Crippen LogP contribution in [0, 0.1) is 13.8 Å². The van der Waals surface area contributed by atoms with Crippen molar-refractivity contribution in [3.8, 4) is 0 Å². The molecule has 92 valence electrons. The zero-order chi connectivity index (χ0) is 10.8. The average Bonchev–Trinajstić information content (AvgIpc) is 2.53. The Morgan fingerprint density at radius 3 is 2.81 bits per heavy atom. The predicted molar refractivity (Wildman–Crippen MR) is 66.0 cm³/mol. The molecule has 0 aromatic carbocycles. The minimum absolute atomic E-state index is 0. The average molecular weight is 246 g/mol. The zero-order valence-corrected chi connectivity index (χ0v) is 10.9. The van der Waals surface area contributed by atoms with E-state index in [0.717, 1.165) is 37.6 Å². The summed E-state index contributed by atoms with van der Waals surface area (Å²) in [6, 6.07) is 0.590. The third-order valence-electron chi connectivity index (χ3n) is 3.18. The first-order valence-electron chi connectivity index (χ1n) is 5.55. The van der Waals surface area contributed by atoms with E-state index in [1.165, 1.54) is 5.56 Å². The van der Waals surface area contributed by atoms with Crippen LogP contribution in [0.2, 0.25) is 0 Å². The monoisotopic (exact) mass is 245 g/mol. The first-order chi connectivity index (χ1) is 7.18. The summed E-state index contributed by atoms with van der Waals surface area (Å²) in [5, 5.41) is 7.38. The highest BCUT2D eigenvalue weighted by atomic mass is 35.5. The van der Waals surface area contributed by atoms with Gasteiger partial charge in [0.15, 0.2) is 0 Å². The summed E-state index contributed by atoms with van der Waals surface area (Å²) in [4.78, 5) is 2.48. The van der Waals surface area contributed by atoms with Crippen molar-refractivity contribution >= 4 is 12.4 Å². The van der Waals surface area contributed by atoms with Crippen LogP contribution in [0.3, 0.4) is 0 Å². The molecule has 0 radical (unpaired) electrons. The maximum absolute atomic E-state index is 5.18. The van der Waals surface area contributed by atoms with E-state index < -0.39 is 0 Å². The van der Waals surface area contributed by atoms with Gasteiger partial charge in [-0.15, -0.1) is 12.4 Å². The van der Waals surface area contributed by atoms with Gasteiger partial charge >= 0.3 is 0 Å². The Kier molecular flexibility index (Phi) is 4.77. The second kappa shape index (κ2) is 5.66. The molecule has 1 atom stereocenters. The lowest BCUT2D eigenvalue weighted by Crippen LogP contribution is -2.49. The fourth-order valence-electron chi connectivity index (χ4n) is 2.05. The SMILES string of the molecule is Cc1noc(C)c1CN1CCNC[C@@H]1C.Cl. The van der Waals surface area contributed by atoms with Crippen LogP contribution in [0.25, 0.3) is 0 Å². The van der Waals surface area contributed by atoms with Gasteiger partial charge in [0.2, 0.25) is 0 Å². The molecular weight excluding hydrogens is 226 g/mol. The molecule has 2 heterocycles. The van der Waals surface area contributed by atoms with Crippen LogP contribution in [0.4, 0.5) is 0 Å². The molecule has 5 heteroatoms. The number of halogens is 1. The van der Waals surface area contributed by atoms with Crippen molar-refractivity contribution in [2.75, 3.05) is 19.6 Å². The van der Waals surface area contributed by atoms with Gasteiger partial charge in [-0.25, -0.2) is 0 Å². The highest BCUT2D eigenvalue weighted by molar-refractivity contribution is 5.85. The summed E-state index contributed by atoms with van der Waals surface area (Å²) in [7, 11) is 0. The van der Waals surface area contributed by atoms with Crippen LogP contribution < -0.4 is 5.32 Å². The fraction of sp³-hybridized carbons (Fsp3) is 0.727. The molecule has 0 saturated carbocycles. The number of aryl methyl sites for hydroxylation is 2. The van der Waals surface area contributed by atoms with Crippen LogP contribution in [0.1, 0.15) is 23.9 Å². The van der Waals surface area contributed by atoms with Crippen molar-refractivity contribution in [1.82, 2.24) is 15.4 Å². The largest absolute Gasteiger partial charge is 0.361 e. The van der Waals surface area contributed by atoms with Gasteiger partial charge in [-0.1, -0.05) is 5.16 Å². The molecule has 0 aliphatic carbocycles. The highest BCUT2D eigenvalue weighted by Gasteiger charge is 2.20. The molecule has 2 rings (SSSR count). The number of rotatable bonds is 2. The van der Waals surface area contributed by atoms with E-state index in [4.69, 9.17) is 4.52 Å². The molecule has 0 unspecified atom stereocenters. The fourth-order valence-corrected chi connectivity index (χ4v) is 2.05. The van der Waals surface area contributed by atoms with Crippen LogP contribution >= 0.6 is 12.4 Å². The Bertz CT molecular complexity index is 320. The lowest BCUT2D eigenvalue weighted by molar-refractivity contribution is 0.164. The van der Waals surface area contributed by atoms with E-state index in [2.05, 4.69) is 22.3 Å². The van der Waals surface area contributed by atoms with E-state index in [-0.39, 0.29) is 12.4 Å². The van der Waals surface area contributed by atoms with Crippen LogP contribution in [0.15, 0.2) is 4.52 Å². The van der Waals surface area contributed by atoms with Crippen molar-refractivity contribution in [2.45, 2.75) is 33.4 Å². The van der Waals surface area contributed by atoms with Crippen molar-refractivity contribution in [3.63, 3.8) is 0 Å². The number of piperazine rings is 1. The molecule has 0 spiro atoms. The minimum Gasteiger partial charge on any atom is -0.361 e. The molecule has 1 aliphatic rings. The summed E-state index contributed by atoms with van der Waals surface area (Å²) in [6.45, 7) is 10.5. The quantitative estimate of drug-likeness (QED) is 0.858. The molecule has 0 amide bonds. The van der Waals surface area contributed by atoms with E-state index in [9.17, 15) is 0 Å². The Labute approximate surface area is 103 Å². The van der Waals surface area contributed by atoms with Gasteiger partial charge in [0.05, 0.1) is 5.69 Å². The van der Waals surface area contributed by atoms with Crippen LogP contribution in [-0.4, -0.2) is 35.7 Å². The zero-order valence-electron chi connectivity index (χ0n) is 10.1. The minimum atomic E-state index is 0. The summed E-state index contributed by atoms with van der Waals surface area (Å²) in [5.41, 5.74) is 2.28. The Hall–Kier alpha value is -0.580. The number of nitrogens with one attached hydrogen (secondary N) is 1. The van der Waals surface area contributed by atoms with Gasteiger partial charge in [-0.3, -0.25) is 4.90 Å². The summed E-state index contributed by atoms with van der Waals surface area (Å²) in [5.74, 6) is 0.957. The van der Waals surface area contributed by atoms with Crippen molar-refractivity contribution in [3.05, 3.63) is 17.0 Å². The molecule has 1 fully saturated rings. The number of aromatic nitrogens is 1. The van der Waals surface area contributed by atoms with Crippen LogP contribution in [0.5, 0.6) is 0 Å². The van der Waals surface area contributed by atoms with E-state index in [0.29, 0.717) is 6.04 Å². The topological polar surface area (TPSA) is 41.3 Å². The maximum atomic E-state index is 5.18. The molecule has 1 aliphatic heterocycles. The molecule has 1 aromatic heterocycles. The molecule has 1 N–H and O–H groups in total. The molecule has 1 saturated heterocycles.